The van der Waals surface area contributed by atoms with Crippen LogP contribution in [0.4, 0.5) is 0 Å². The van der Waals surface area contributed by atoms with E-state index in [0.29, 0.717) is 12.5 Å². The van der Waals surface area contributed by atoms with Gasteiger partial charge in [-0.15, -0.1) is 0 Å². The minimum absolute atomic E-state index is 0.127. The lowest BCUT2D eigenvalue weighted by atomic mass is 9.89. The van der Waals surface area contributed by atoms with Gasteiger partial charge in [0.1, 0.15) is 0 Å². The Balaban J connectivity index is 1.91. The summed E-state index contributed by atoms with van der Waals surface area (Å²) >= 11 is 0. The van der Waals surface area contributed by atoms with Gasteiger partial charge in [0, 0.05) is 25.6 Å². The Labute approximate surface area is 120 Å². The highest BCUT2D eigenvalue weighted by atomic mass is 16.5. The molecule has 1 aliphatic heterocycles. The molecule has 1 aromatic rings. The smallest absolute Gasteiger partial charge is 0.304 e. The number of aryl methyl sites for hydroxylation is 1. The van der Waals surface area contributed by atoms with Gasteiger partial charge < -0.3 is 15.2 Å². The number of rotatable bonds is 6. The summed E-state index contributed by atoms with van der Waals surface area (Å²) < 4.78 is 5.94. The number of hydrogen-bond donors (Lipinski definition) is 2. The van der Waals surface area contributed by atoms with E-state index >= 15 is 0 Å². The standard InChI is InChI=1S/C16H23NO3/c1-12-4-6-13(7-5-12)16-14(3-2-10-20-16)11-17-9-8-15(18)19/h4-7,14,16-17H,2-3,8-11H2,1H3,(H,18,19). The van der Waals surface area contributed by atoms with Crippen LogP contribution >= 0.6 is 0 Å². The Morgan fingerprint density at radius 2 is 2.15 bits per heavy atom. The van der Waals surface area contributed by atoms with E-state index < -0.39 is 5.97 Å². The largest absolute Gasteiger partial charge is 0.481 e. The lowest BCUT2D eigenvalue weighted by molar-refractivity contribution is -0.136. The molecule has 20 heavy (non-hydrogen) atoms. The fourth-order valence-electron chi connectivity index (χ4n) is 2.66. The maximum absolute atomic E-state index is 10.5. The van der Waals surface area contributed by atoms with Gasteiger partial charge in [-0.1, -0.05) is 29.8 Å². The average molecular weight is 277 g/mol. The molecule has 0 saturated carbocycles. The molecule has 0 aromatic heterocycles. The molecule has 2 rings (SSSR count). The van der Waals surface area contributed by atoms with Crippen molar-refractivity contribution in [1.82, 2.24) is 5.32 Å². The van der Waals surface area contributed by atoms with E-state index in [9.17, 15) is 4.79 Å². The van der Waals surface area contributed by atoms with Crippen molar-refractivity contribution in [3.05, 3.63) is 35.4 Å². The summed E-state index contributed by atoms with van der Waals surface area (Å²) in [5, 5.41) is 11.9. The van der Waals surface area contributed by atoms with Crippen molar-refractivity contribution in [2.24, 2.45) is 5.92 Å². The van der Waals surface area contributed by atoms with Crippen molar-refractivity contribution < 1.29 is 14.6 Å². The first kappa shape index (κ1) is 15.0. The van der Waals surface area contributed by atoms with E-state index in [0.717, 1.165) is 26.0 Å². The molecule has 2 atom stereocenters. The molecule has 0 aliphatic carbocycles. The van der Waals surface area contributed by atoms with Gasteiger partial charge in [-0.2, -0.15) is 0 Å². The minimum atomic E-state index is -0.757. The third-order valence-electron chi connectivity index (χ3n) is 3.77. The van der Waals surface area contributed by atoms with Crippen molar-refractivity contribution in [2.45, 2.75) is 32.3 Å². The Bertz CT molecular complexity index is 430. The number of aliphatic carboxylic acids is 1. The third-order valence-corrected chi connectivity index (χ3v) is 3.77. The lowest BCUT2D eigenvalue weighted by Crippen LogP contribution is -2.32. The Morgan fingerprint density at radius 1 is 1.40 bits per heavy atom. The van der Waals surface area contributed by atoms with Gasteiger partial charge in [0.25, 0.3) is 0 Å². The number of ether oxygens (including phenoxy) is 1. The van der Waals surface area contributed by atoms with E-state index in [2.05, 4.69) is 36.5 Å². The van der Waals surface area contributed by atoms with Crippen molar-refractivity contribution in [3.8, 4) is 0 Å². The quantitative estimate of drug-likeness (QED) is 0.784. The number of carboxylic acid groups (broad SMARTS) is 1. The molecule has 1 aromatic carbocycles. The second kappa shape index (κ2) is 7.41. The predicted molar refractivity (Wildman–Crippen MR) is 77.7 cm³/mol. The molecule has 2 unspecified atom stereocenters. The Morgan fingerprint density at radius 3 is 2.85 bits per heavy atom. The second-order valence-electron chi connectivity index (χ2n) is 5.45. The molecule has 1 heterocycles. The van der Waals surface area contributed by atoms with E-state index in [1.165, 1.54) is 11.1 Å². The van der Waals surface area contributed by atoms with Crippen LogP contribution in [-0.2, 0) is 9.53 Å². The van der Waals surface area contributed by atoms with E-state index in [1.54, 1.807) is 0 Å². The zero-order valence-corrected chi connectivity index (χ0v) is 12.0. The molecule has 4 heteroatoms. The predicted octanol–water partition coefficient (Wildman–Crippen LogP) is 2.53. The summed E-state index contributed by atoms with van der Waals surface area (Å²) in [6.45, 7) is 4.22. The zero-order chi connectivity index (χ0) is 14.4. The number of hydrogen-bond acceptors (Lipinski definition) is 3. The second-order valence-corrected chi connectivity index (χ2v) is 5.45. The Hall–Kier alpha value is -1.39. The molecular weight excluding hydrogens is 254 g/mol. The van der Waals surface area contributed by atoms with Gasteiger partial charge in [-0.3, -0.25) is 4.79 Å². The summed E-state index contributed by atoms with van der Waals surface area (Å²) in [5.74, 6) is -0.340. The first-order valence-electron chi connectivity index (χ1n) is 7.27. The molecule has 1 fully saturated rings. The first-order valence-corrected chi connectivity index (χ1v) is 7.27. The van der Waals surface area contributed by atoms with Crippen LogP contribution in [0, 0.1) is 12.8 Å². The van der Waals surface area contributed by atoms with Crippen LogP contribution in [0.3, 0.4) is 0 Å². The van der Waals surface area contributed by atoms with Crippen molar-refractivity contribution in [2.75, 3.05) is 19.7 Å². The van der Waals surface area contributed by atoms with E-state index in [1.807, 2.05) is 0 Å². The molecule has 1 saturated heterocycles. The van der Waals surface area contributed by atoms with E-state index in [4.69, 9.17) is 9.84 Å². The monoisotopic (exact) mass is 277 g/mol. The van der Waals surface area contributed by atoms with Crippen LogP contribution in [0.15, 0.2) is 24.3 Å². The molecule has 0 spiro atoms. The molecule has 0 amide bonds. The third kappa shape index (κ3) is 4.32. The van der Waals surface area contributed by atoms with E-state index in [-0.39, 0.29) is 12.5 Å². The number of carboxylic acids is 1. The SMILES string of the molecule is Cc1ccc(C2OCCCC2CNCCC(=O)O)cc1. The number of carbonyl (C=O) groups is 1. The van der Waals surface area contributed by atoms with Gasteiger partial charge in [0.05, 0.1) is 12.5 Å². The zero-order valence-electron chi connectivity index (χ0n) is 12.0. The Kier molecular flexibility index (Phi) is 5.56. The molecular formula is C16H23NO3. The topological polar surface area (TPSA) is 58.6 Å². The van der Waals surface area contributed by atoms with Crippen LogP contribution in [0.5, 0.6) is 0 Å². The number of benzene rings is 1. The van der Waals surface area contributed by atoms with Crippen molar-refractivity contribution in [3.63, 3.8) is 0 Å². The summed E-state index contributed by atoms with van der Waals surface area (Å²) in [5.41, 5.74) is 2.47. The normalized spacial score (nSPS) is 22.6. The van der Waals surface area contributed by atoms with Crippen LogP contribution < -0.4 is 5.32 Å². The molecule has 2 N–H and O–H groups in total. The summed E-state index contributed by atoms with van der Waals surface area (Å²) in [6.07, 6.45) is 2.50. The fraction of sp³-hybridized carbons (Fsp3) is 0.562. The molecule has 0 bridgehead atoms. The average Bonchev–Trinajstić information content (AvgIpc) is 2.45. The highest BCUT2D eigenvalue weighted by Gasteiger charge is 2.26. The fourth-order valence-corrected chi connectivity index (χ4v) is 2.66. The maximum atomic E-state index is 10.5. The maximum Gasteiger partial charge on any atom is 0.304 e. The lowest BCUT2D eigenvalue weighted by Gasteiger charge is -2.32. The minimum Gasteiger partial charge on any atom is -0.481 e. The first-order chi connectivity index (χ1) is 9.66. The molecule has 1 aliphatic rings. The van der Waals surface area contributed by atoms with Crippen LogP contribution in [-0.4, -0.2) is 30.8 Å². The van der Waals surface area contributed by atoms with Gasteiger partial charge in [0.2, 0.25) is 0 Å². The summed E-state index contributed by atoms with van der Waals surface area (Å²) in [6, 6.07) is 8.50. The summed E-state index contributed by atoms with van der Waals surface area (Å²) in [4.78, 5) is 10.5. The van der Waals surface area contributed by atoms with Gasteiger partial charge >= 0.3 is 5.97 Å². The van der Waals surface area contributed by atoms with Crippen molar-refractivity contribution in [1.29, 1.82) is 0 Å². The van der Waals surface area contributed by atoms with Gasteiger partial charge in [-0.25, -0.2) is 0 Å². The molecule has 110 valence electrons. The van der Waals surface area contributed by atoms with Gasteiger partial charge in [-0.05, 0) is 25.3 Å². The number of nitrogens with one attached hydrogen (secondary N) is 1. The highest BCUT2D eigenvalue weighted by Crippen LogP contribution is 2.33. The van der Waals surface area contributed by atoms with Crippen LogP contribution in [0.1, 0.15) is 36.5 Å². The molecule has 4 nitrogen and oxygen atoms in total. The van der Waals surface area contributed by atoms with Crippen LogP contribution in [0.25, 0.3) is 0 Å². The summed E-state index contributed by atoms with van der Waals surface area (Å²) in [7, 11) is 0. The van der Waals surface area contributed by atoms with Crippen molar-refractivity contribution >= 4 is 5.97 Å². The van der Waals surface area contributed by atoms with Crippen LogP contribution in [0.2, 0.25) is 0 Å². The van der Waals surface area contributed by atoms with Gasteiger partial charge in [0.15, 0.2) is 0 Å². The highest BCUT2D eigenvalue weighted by molar-refractivity contribution is 5.66. The molecule has 0 radical (unpaired) electrons.